The highest BCUT2D eigenvalue weighted by molar-refractivity contribution is 7.89. The molecule has 6 nitrogen and oxygen atoms in total. The van der Waals surface area contributed by atoms with Crippen molar-refractivity contribution in [3.05, 3.63) is 53.8 Å². The third kappa shape index (κ3) is 4.94. The van der Waals surface area contributed by atoms with Crippen LogP contribution in [0.5, 0.6) is 5.75 Å². The van der Waals surface area contributed by atoms with E-state index in [0.717, 1.165) is 5.56 Å². The van der Waals surface area contributed by atoms with E-state index in [2.05, 4.69) is 5.32 Å². The SMILES string of the molecule is CCOc1ccc(S(=O)(=O)N2CCC(C(=O)Nc3ccc(C)cc3F)CC2)cc1. The average Bonchev–Trinajstić information content (AvgIpc) is 2.71. The van der Waals surface area contributed by atoms with Crippen LogP contribution >= 0.6 is 0 Å². The van der Waals surface area contributed by atoms with Crippen molar-refractivity contribution >= 4 is 21.6 Å². The molecule has 2 aromatic carbocycles. The second kappa shape index (κ2) is 8.92. The molecule has 8 heteroatoms. The second-order valence-electron chi connectivity index (χ2n) is 7.06. The van der Waals surface area contributed by atoms with Gasteiger partial charge in [0.15, 0.2) is 0 Å². The minimum Gasteiger partial charge on any atom is -0.494 e. The maximum atomic E-state index is 13.9. The van der Waals surface area contributed by atoms with Gasteiger partial charge in [-0.15, -0.1) is 0 Å². The fraction of sp³-hybridized carbons (Fsp3) is 0.381. The second-order valence-corrected chi connectivity index (χ2v) is 8.99. The van der Waals surface area contributed by atoms with Crippen LogP contribution in [0.25, 0.3) is 0 Å². The summed E-state index contributed by atoms with van der Waals surface area (Å²) in [7, 11) is -3.63. The minimum absolute atomic E-state index is 0.144. The Morgan fingerprint density at radius 2 is 1.83 bits per heavy atom. The van der Waals surface area contributed by atoms with Gasteiger partial charge in [-0.05, 0) is 68.7 Å². The fourth-order valence-corrected chi connectivity index (χ4v) is 4.81. The van der Waals surface area contributed by atoms with Gasteiger partial charge in [0.1, 0.15) is 11.6 Å². The largest absolute Gasteiger partial charge is 0.494 e. The van der Waals surface area contributed by atoms with Crippen LogP contribution in [0.1, 0.15) is 25.3 Å². The summed E-state index contributed by atoms with van der Waals surface area (Å²) < 4.78 is 46.4. The van der Waals surface area contributed by atoms with E-state index < -0.39 is 15.8 Å². The number of rotatable bonds is 6. The van der Waals surface area contributed by atoms with Gasteiger partial charge in [-0.3, -0.25) is 4.79 Å². The smallest absolute Gasteiger partial charge is 0.243 e. The molecule has 1 N–H and O–H groups in total. The summed E-state index contributed by atoms with van der Waals surface area (Å²) >= 11 is 0. The maximum absolute atomic E-state index is 13.9. The monoisotopic (exact) mass is 420 g/mol. The van der Waals surface area contributed by atoms with E-state index in [0.29, 0.717) is 25.2 Å². The van der Waals surface area contributed by atoms with Gasteiger partial charge in [0.05, 0.1) is 17.2 Å². The number of nitrogens with one attached hydrogen (secondary N) is 1. The van der Waals surface area contributed by atoms with Gasteiger partial charge in [-0.2, -0.15) is 4.31 Å². The van der Waals surface area contributed by atoms with Crippen molar-refractivity contribution < 1.29 is 22.3 Å². The van der Waals surface area contributed by atoms with Crippen LogP contribution in [0.15, 0.2) is 47.4 Å². The quantitative estimate of drug-likeness (QED) is 0.775. The highest BCUT2D eigenvalue weighted by Crippen LogP contribution is 2.26. The molecule has 0 atom stereocenters. The Morgan fingerprint density at radius 3 is 2.41 bits per heavy atom. The van der Waals surface area contributed by atoms with E-state index >= 15 is 0 Å². The lowest BCUT2D eigenvalue weighted by atomic mass is 9.97. The number of benzene rings is 2. The van der Waals surface area contributed by atoms with Gasteiger partial charge in [-0.25, -0.2) is 12.8 Å². The highest BCUT2D eigenvalue weighted by atomic mass is 32.2. The molecular weight excluding hydrogens is 395 g/mol. The first kappa shape index (κ1) is 21.3. The molecular formula is C21H25FN2O4S. The molecule has 0 spiro atoms. The number of hydrogen-bond donors (Lipinski definition) is 1. The van der Waals surface area contributed by atoms with Gasteiger partial charge < -0.3 is 10.1 Å². The highest BCUT2D eigenvalue weighted by Gasteiger charge is 2.32. The van der Waals surface area contributed by atoms with Crippen molar-refractivity contribution in [3.8, 4) is 5.75 Å². The zero-order valence-corrected chi connectivity index (χ0v) is 17.3. The summed E-state index contributed by atoms with van der Waals surface area (Å²) in [5.74, 6) is -0.507. The number of piperidine rings is 1. The Labute approximate surface area is 170 Å². The number of carbonyl (C=O) groups is 1. The molecule has 0 radical (unpaired) electrons. The fourth-order valence-electron chi connectivity index (χ4n) is 3.34. The standard InChI is InChI=1S/C21H25FN2O4S/c1-3-28-17-5-7-18(8-6-17)29(26,27)24-12-10-16(11-13-24)21(25)23-20-9-4-15(2)14-19(20)22/h4-9,14,16H,3,10-13H2,1-2H3,(H,23,25). The molecule has 0 unspecified atom stereocenters. The maximum Gasteiger partial charge on any atom is 0.243 e. The topological polar surface area (TPSA) is 75.7 Å². The summed E-state index contributed by atoms with van der Waals surface area (Å²) in [6.45, 7) is 4.62. The number of carbonyl (C=O) groups excluding carboxylic acids is 1. The van der Waals surface area contributed by atoms with Crippen molar-refractivity contribution in [3.63, 3.8) is 0 Å². The molecule has 1 heterocycles. The van der Waals surface area contributed by atoms with Crippen molar-refractivity contribution in [2.75, 3.05) is 25.0 Å². The lowest BCUT2D eigenvalue weighted by molar-refractivity contribution is -0.120. The van der Waals surface area contributed by atoms with E-state index in [1.54, 1.807) is 25.1 Å². The Morgan fingerprint density at radius 1 is 1.17 bits per heavy atom. The zero-order chi connectivity index (χ0) is 21.0. The number of aryl methyl sites for hydroxylation is 1. The van der Waals surface area contributed by atoms with Crippen LogP contribution in [-0.4, -0.2) is 38.3 Å². The molecule has 156 valence electrons. The molecule has 1 aliphatic heterocycles. The lowest BCUT2D eigenvalue weighted by Crippen LogP contribution is -2.41. The molecule has 1 fully saturated rings. The van der Waals surface area contributed by atoms with Crippen molar-refractivity contribution in [1.82, 2.24) is 4.31 Å². The molecule has 0 bridgehead atoms. The molecule has 0 aromatic heterocycles. The van der Waals surface area contributed by atoms with Crippen molar-refractivity contribution in [1.29, 1.82) is 0 Å². The Kier molecular flexibility index (Phi) is 6.54. The minimum atomic E-state index is -3.63. The molecule has 0 aliphatic carbocycles. The third-order valence-electron chi connectivity index (χ3n) is 4.98. The molecule has 1 amide bonds. The normalized spacial score (nSPS) is 15.8. The van der Waals surface area contributed by atoms with Gasteiger partial charge in [-0.1, -0.05) is 6.07 Å². The predicted octanol–water partition coefficient (Wildman–Crippen LogP) is 3.57. The number of ether oxygens (including phenoxy) is 1. The molecule has 29 heavy (non-hydrogen) atoms. The Balaban J connectivity index is 1.61. The van der Waals surface area contributed by atoms with E-state index in [1.165, 1.54) is 28.6 Å². The van der Waals surface area contributed by atoms with Crippen LogP contribution in [0, 0.1) is 18.7 Å². The number of hydrogen-bond acceptors (Lipinski definition) is 4. The molecule has 2 aromatic rings. The van der Waals surface area contributed by atoms with Crippen LogP contribution < -0.4 is 10.1 Å². The van der Waals surface area contributed by atoms with Crippen LogP contribution in [0.4, 0.5) is 10.1 Å². The van der Waals surface area contributed by atoms with E-state index in [4.69, 9.17) is 4.74 Å². The van der Waals surface area contributed by atoms with Gasteiger partial charge in [0.2, 0.25) is 15.9 Å². The van der Waals surface area contributed by atoms with Gasteiger partial charge in [0, 0.05) is 19.0 Å². The third-order valence-corrected chi connectivity index (χ3v) is 6.89. The van der Waals surface area contributed by atoms with Crippen LogP contribution in [-0.2, 0) is 14.8 Å². The van der Waals surface area contributed by atoms with Crippen molar-refractivity contribution in [2.24, 2.45) is 5.92 Å². The number of sulfonamides is 1. The number of nitrogens with zero attached hydrogens (tertiary/aromatic N) is 1. The first-order valence-electron chi connectivity index (χ1n) is 9.61. The van der Waals surface area contributed by atoms with Gasteiger partial charge >= 0.3 is 0 Å². The number of amides is 1. The Hall–Kier alpha value is -2.45. The van der Waals surface area contributed by atoms with Crippen LogP contribution in [0.3, 0.4) is 0 Å². The molecule has 1 saturated heterocycles. The number of anilines is 1. The molecule has 0 saturated carbocycles. The predicted molar refractivity (Wildman–Crippen MR) is 109 cm³/mol. The first-order valence-corrected chi connectivity index (χ1v) is 11.1. The lowest BCUT2D eigenvalue weighted by Gasteiger charge is -2.30. The summed E-state index contributed by atoms with van der Waals surface area (Å²) in [6.07, 6.45) is 0.769. The summed E-state index contributed by atoms with van der Waals surface area (Å²) in [5, 5.41) is 2.61. The molecule has 1 aliphatic rings. The van der Waals surface area contributed by atoms with E-state index in [1.807, 2.05) is 6.92 Å². The Bertz CT molecular complexity index is 969. The summed E-state index contributed by atoms with van der Waals surface area (Å²) in [5.41, 5.74) is 0.915. The van der Waals surface area contributed by atoms with Crippen molar-refractivity contribution in [2.45, 2.75) is 31.6 Å². The van der Waals surface area contributed by atoms with E-state index in [-0.39, 0.29) is 35.5 Å². The average molecular weight is 421 g/mol. The zero-order valence-electron chi connectivity index (χ0n) is 16.5. The molecule has 3 rings (SSSR count). The first-order chi connectivity index (χ1) is 13.8. The van der Waals surface area contributed by atoms with Gasteiger partial charge in [0.25, 0.3) is 0 Å². The summed E-state index contributed by atoms with van der Waals surface area (Å²) in [4.78, 5) is 12.7. The van der Waals surface area contributed by atoms with E-state index in [9.17, 15) is 17.6 Å². The van der Waals surface area contributed by atoms with Crippen LogP contribution in [0.2, 0.25) is 0 Å². The summed E-state index contributed by atoms with van der Waals surface area (Å²) in [6, 6.07) is 10.9. The number of halogens is 1.